The van der Waals surface area contributed by atoms with Crippen LogP contribution in [0.4, 0.5) is 0 Å². The third-order valence-electron chi connectivity index (χ3n) is 2.77. The Morgan fingerprint density at radius 3 is 2.00 bits per heavy atom. The van der Waals surface area contributed by atoms with E-state index in [0.717, 1.165) is 5.56 Å². The molecule has 3 heteroatoms. The minimum atomic E-state index is 0.562. The van der Waals surface area contributed by atoms with E-state index in [0.29, 0.717) is 11.7 Å². The Kier molecular flexibility index (Phi) is 2.65. The highest BCUT2D eigenvalue weighted by atomic mass is 16.5. The van der Waals surface area contributed by atoms with Crippen molar-refractivity contribution in [1.29, 1.82) is 0 Å². The molecule has 0 bridgehead atoms. The highest BCUT2D eigenvalue weighted by Crippen LogP contribution is 2.23. The minimum absolute atomic E-state index is 0.562. The smallest absolute Gasteiger partial charge is 0.257 e. The van der Waals surface area contributed by atoms with Crippen LogP contribution < -0.4 is 0 Å². The molecule has 1 aromatic heterocycles. The number of nitrogens with zero attached hydrogens (tertiary/aromatic N) is 2. The number of rotatable bonds is 2. The molecule has 3 nitrogen and oxygen atoms in total. The number of aryl methyl sites for hydroxylation is 1. The molecule has 0 saturated carbocycles. The van der Waals surface area contributed by atoms with E-state index in [1.807, 2.05) is 37.3 Å². The van der Waals surface area contributed by atoms with Gasteiger partial charge in [-0.3, -0.25) is 0 Å². The minimum Gasteiger partial charge on any atom is -0.334 e. The quantitative estimate of drug-likeness (QED) is 0.680. The van der Waals surface area contributed by atoms with Gasteiger partial charge in [0, 0.05) is 5.56 Å². The van der Waals surface area contributed by atoms with E-state index in [-0.39, 0.29) is 0 Å². The molecule has 0 spiro atoms. The predicted octanol–water partition coefficient (Wildman–Crippen LogP) is 3.71. The summed E-state index contributed by atoms with van der Waals surface area (Å²) in [6, 6.07) is 18.4. The first-order valence-corrected chi connectivity index (χ1v) is 5.79. The van der Waals surface area contributed by atoms with Gasteiger partial charge >= 0.3 is 0 Å². The Morgan fingerprint density at radius 1 is 0.778 bits per heavy atom. The van der Waals surface area contributed by atoms with Crippen molar-refractivity contribution in [2.24, 2.45) is 0 Å². The zero-order valence-electron chi connectivity index (χ0n) is 10.00. The maximum Gasteiger partial charge on any atom is 0.257 e. The van der Waals surface area contributed by atoms with Gasteiger partial charge in [0.2, 0.25) is 0 Å². The first-order chi connectivity index (χ1) is 8.83. The fourth-order valence-corrected chi connectivity index (χ4v) is 1.85. The fraction of sp³-hybridized carbons (Fsp3) is 0.0667. The van der Waals surface area contributed by atoms with Gasteiger partial charge in [0.05, 0.1) is 0 Å². The molecule has 0 aliphatic carbocycles. The SMILES string of the molecule is Cc1noc(-c2ccc(-c3ccccc3)cc2)n1. The molecule has 0 amide bonds. The lowest BCUT2D eigenvalue weighted by Crippen LogP contribution is -1.80. The van der Waals surface area contributed by atoms with Gasteiger partial charge in [-0.1, -0.05) is 47.6 Å². The van der Waals surface area contributed by atoms with Gasteiger partial charge < -0.3 is 4.52 Å². The monoisotopic (exact) mass is 236 g/mol. The summed E-state index contributed by atoms with van der Waals surface area (Å²) in [4.78, 5) is 4.21. The molecule has 1 heterocycles. The average Bonchev–Trinajstić information content (AvgIpc) is 2.87. The van der Waals surface area contributed by atoms with Crippen LogP contribution in [0.5, 0.6) is 0 Å². The second kappa shape index (κ2) is 4.45. The molecule has 3 aromatic rings. The van der Waals surface area contributed by atoms with Crippen molar-refractivity contribution >= 4 is 0 Å². The average molecular weight is 236 g/mol. The summed E-state index contributed by atoms with van der Waals surface area (Å²) in [6.07, 6.45) is 0. The van der Waals surface area contributed by atoms with E-state index in [4.69, 9.17) is 4.52 Å². The van der Waals surface area contributed by atoms with Crippen molar-refractivity contribution in [3.63, 3.8) is 0 Å². The highest BCUT2D eigenvalue weighted by molar-refractivity contribution is 5.67. The van der Waals surface area contributed by atoms with Crippen LogP contribution in [0, 0.1) is 6.92 Å². The van der Waals surface area contributed by atoms with E-state index in [1.165, 1.54) is 11.1 Å². The molecule has 0 N–H and O–H groups in total. The molecular formula is C15H12N2O. The first-order valence-electron chi connectivity index (χ1n) is 5.79. The lowest BCUT2D eigenvalue weighted by atomic mass is 10.0. The summed E-state index contributed by atoms with van der Waals surface area (Å²) in [5.41, 5.74) is 3.32. The summed E-state index contributed by atoms with van der Waals surface area (Å²) in [5, 5.41) is 3.79. The van der Waals surface area contributed by atoms with Crippen molar-refractivity contribution in [1.82, 2.24) is 10.1 Å². The van der Waals surface area contributed by atoms with Crippen LogP contribution in [0.15, 0.2) is 59.1 Å². The van der Waals surface area contributed by atoms with E-state index < -0.39 is 0 Å². The van der Waals surface area contributed by atoms with Gasteiger partial charge in [0.15, 0.2) is 5.82 Å². The maximum atomic E-state index is 5.13. The molecule has 0 saturated heterocycles. The largest absolute Gasteiger partial charge is 0.334 e. The van der Waals surface area contributed by atoms with E-state index >= 15 is 0 Å². The standard InChI is InChI=1S/C15H12N2O/c1-11-16-15(18-17-11)14-9-7-13(8-10-14)12-5-3-2-4-6-12/h2-10H,1H3. The lowest BCUT2D eigenvalue weighted by molar-refractivity contribution is 0.425. The van der Waals surface area contributed by atoms with Crippen molar-refractivity contribution in [3.05, 3.63) is 60.4 Å². The normalized spacial score (nSPS) is 10.5. The van der Waals surface area contributed by atoms with Crippen LogP contribution in [-0.4, -0.2) is 10.1 Å². The van der Waals surface area contributed by atoms with Crippen LogP contribution in [0.2, 0.25) is 0 Å². The van der Waals surface area contributed by atoms with E-state index in [2.05, 4.69) is 34.4 Å². The zero-order chi connectivity index (χ0) is 12.4. The summed E-state index contributed by atoms with van der Waals surface area (Å²) >= 11 is 0. The number of hydrogen-bond donors (Lipinski definition) is 0. The fourth-order valence-electron chi connectivity index (χ4n) is 1.85. The molecule has 0 radical (unpaired) electrons. The van der Waals surface area contributed by atoms with Gasteiger partial charge in [-0.15, -0.1) is 0 Å². The third-order valence-corrected chi connectivity index (χ3v) is 2.77. The van der Waals surface area contributed by atoms with Gasteiger partial charge in [0.25, 0.3) is 5.89 Å². The third kappa shape index (κ3) is 2.02. The second-order valence-electron chi connectivity index (χ2n) is 4.09. The maximum absolute atomic E-state index is 5.13. The van der Waals surface area contributed by atoms with Crippen molar-refractivity contribution < 1.29 is 4.52 Å². The molecule has 2 aromatic carbocycles. The number of aromatic nitrogens is 2. The molecule has 0 fully saturated rings. The summed E-state index contributed by atoms with van der Waals surface area (Å²) in [5.74, 6) is 1.21. The van der Waals surface area contributed by atoms with Crippen molar-refractivity contribution in [3.8, 4) is 22.6 Å². The molecular weight excluding hydrogens is 224 g/mol. The molecule has 18 heavy (non-hydrogen) atoms. The molecule has 0 aliphatic heterocycles. The summed E-state index contributed by atoms with van der Waals surface area (Å²) in [6.45, 7) is 1.81. The molecule has 0 atom stereocenters. The predicted molar refractivity (Wildman–Crippen MR) is 69.9 cm³/mol. The Morgan fingerprint density at radius 2 is 1.39 bits per heavy atom. The van der Waals surface area contributed by atoms with Gasteiger partial charge in [-0.2, -0.15) is 4.98 Å². The topological polar surface area (TPSA) is 38.9 Å². The van der Waals surface area contributed by atoms with Crippen molar-refractivity contribution in [2.75, 3.05) is 0 Å². The molecule has 0 aliphatic rings. The molecule has 88 valence electrons. The first kappa shape index (κ1) is 10.7. The van der Waals surface area contributed by atoms with Gasteiger partial charge in [-0.05, 0) is 30.2 Å². The molecule has 3 rings (SSSR count). The Labute approximate surface area is 105 Å². The Balaban J connectivity index is 1.94. The zero-order valence-corrected chi connectivity index (χ0v) is 10.00. The Bertz CT molecular complexity index is 642. The van der Waals surface area contributed by atoms with Crippen LogP contribution >= 0.6 is 0 Å². The van der Waals surface area contributed by atoms with Crippen LogP contribution in [0.25, 0.3) is 22.6 Å². The summed E-state index contributed by atoms with van der Waals surface area (Å²) < 4.78 is 5.13. The highest BCUT2D eigenvalue weighted by Gasteiger charge is 2.06. The number of benzene rings is 2. The second-order valence-corrected chi connectivity index (χ2v) is 4.09. The van der Waals surface area contributed by atoms with E-state index in [1.54, 1.807) is 0 Å². The summed E-state index contributed by atoms with van der Waals surface area (Å²) in [7, 11) is 0. The van der Waals surface area contributed by atoms with Crippen LogP contribution in [-0.2, 0) is 0 Å². The molecule has 0 unspecified atom stereocenters. The number of hydrogen-bond acceptors (Lipinski definition) is 3. The van der Waals surface area contributed by atoms with Crippen LogP contribution in [0.1, 0.15) is 5.82 Å². The van der Waals surface area contributed by atoms with Gasteiger partial charge in [-0.25, -0.2) is 0 Å². The van der Waals surface area contributed by atoms with Crippen molar-refractivity contribution in [2.45, 2.75) is 6.92 Å². The Hall–Kier alpha value is -2.42. The van der Waals surface area contributed by atoms with E-state index in [9.17, 15) is 0 Å². The van der Waals surface area contributed by atoms with Gasteiger partial charge in [0.1, 0.15) is 0 Å². The van der Waals surface area contributed by atoms with Crippen LogP contribution in [0.3, 0.4) is 0 Å². The lowest BCUT2D eigenvalue weighted by Gasteiger charge is -2.01.